The van der Waals surface area contributed by atoms with Crippen molar-refractivity contribution in [3.63, 3.8) is 0 Å². The molecule has 3 heteroatoms. The van der Waals surface area contributed by atoms with Gasteiger partial charge in [-0.25, -0.2) is 0 Å². The summed E-state index contributed by atoms with van der Waals surface area (Å²) in [5, 5.41) is 2.78. The third-order valence-electron chi connectivity index (χ3n) is 2.09. The lowest BCUT2D eigenvalue weighted by Crippen LogP contribution is -2.35. The minimum absolute atomic E-state index is 0.00708. The lowest BCUT2D eigenvalue weighted by atomic mass is 10.2. The summed E-state index contributed by atoms with van der Waals surface area (Å²) in [6.07, 6.45) is 1.80. The van der Waals surface area contributed by atoms with Crippen LogP contribution in [0, 0.1) is 0 Å². The van der Waals surface area contributed by atoms with E-state index in [4.69, 9.17) is 4.74 Å². The average molecular weight is 183 g/mol. The number of carbonyl (C=O) groups excluding carboxylic acids is 1. The second-order valence-corrected chi connectivity index (χ2v) is 3.69. The molecular formula is C10H17NO2. The summed E-state index contributed by atoms with van der Waals surface area (Å²) in [6.45, 7) is 8.14. The fraction of sp³-hybridized carbons (Fsp3) is 0.700. The zero-order valence-corrected chi connectivity index (χ0v) is 8.30. The number of ether oxygens (including phenoxy) is 1. The Kier molecular flexibility index (Phi) is 3.48. The Bertz CT molecular complexity index is 213. The van der Waals surface area contributed by atoms with Crippen LogP contribution in [-0.2, 0) is 9.53 Å². The summed E-state index contributed by atoms with van der Waals surface area (Å²) in [5.41, 5.74) is 0.958. The van der Waals surface area contributed by atoms with Crippen LogP contribution >= 0.6 is 0 Å². The Morgan fingerprint density at radius 2 is 2.31 bits per heavy atom. The molecule has 0 spiro atoms. The van der Waals surface area contributed by atoms with Gasteiger partial charge in [-0.05, 0) is 26.7 Å². The number of hydrogen-bond acceptors (Lipinski definition) is 2. The molecule has 1 aliphatic rings. The number of hydrogen-bond donors (Lipinski definition) is 1. The van der Waals surface area contributed by atoms with E-state index in [9.17, 15) is 4.79 Å². The quantitative estimate of drug-likeness (QED) is 0.669. The lowest BCUT2D eigenvalue weighted by Gasteiger charge is -2.11. The molecule has 2 unspecified atom stereocenters. The zero-order valence-electron chi connectivity index (χ0n) is 8.30. The molecule has 0 aromatic carbocycles. The largest absolute Gasteiger partial charge is 0.365 e. The maximum Gasteiger partial charge on any atom is 0.249 e. The van der Waals surface area contributed by atoms with Gasteiger partial charge in [-0.1, -0.05) is 12.2 Å². The predicted molar refractivity (Wildman–Crippen MR) is 51.4 cm³/mol. The van der Waals surface area contributed by atoms with Crippen LogP contribution in [0.3, 0.4) is 0 Å². The molecule has 0 aliphatic carbocycles. The highest BCUT2D eigenvalue weighted by Crippen LogP contribution is 2.18. The molecule has 0 radical (unpaired) electrons. The molecule has 1 fully saturated rings. The molecule has 1 amide bonds. The first-order valence-electron chi connectivity index (χ1n) is 4.67. The monoisotopic (exact) mass is 183 g/mol. The van der Waals surface area contributed by atoms with Crippen LogP contribution in [-0.4, -0.2) is 24.7 Å². The van der Waals surface area contributed by atoms with Crippen molar-refractivity contribution in [2.45, 2.75) is 38.9 Å². The van der Waals surface area contributed by atoms with Crippen molar-refractivity contribution in [3.05, 3.63) is 12.2 Å². The van der Waals surface area contributed by atoms with Crippen molar-refractivity contribution in [2.24, 2.45) is 0 Å². The third kappa shape index (κ3) is 3.19. The van der Waals surface area contributed by atoms with Crippen molar-refractivity contribution < 1.29 is 9.53 Å². The molecular weight excluding hydrogens is 166 g/mol. The van der Waals surface area contributed by atoms with E-state index in [2.05, 4.69) is 11.9 Å². The molecule has 0 saturated carbocycles. The fourth-order valence-electron chi connectivity index (χ4n) is 1.35. The predicted octanol–water partition coefficient (Wildman–Crippen LogP) is 1.25. The van der Waals surface area contributed by atoms with Gasteiger partial charge >= 0.3 is 0 Å². The summed E-state index contributed by atoms with van der Waals surface area (Å²) in [5.74, 6) is -0.00708. The second kappa shape index (κ2) is 4.42. The zero-order chi connectivity index (χ0) is 9.84. The fourth-order valence-corrected chi connectivity index (χ4v) is 1.35. The average Bonchev–Trinajstić information content (AvgIpc) is 2.47. The molecule has 1 saturated heterocycles. The number of rotatable bonds is 3. The van der Waals surface area contributed by atoms with Gasteiger partial charge in [0.2, 0.25) is 5.91 Å². The van der Waals surface area contributed by atoms with Gasteiger partial charge in [0, 0.05) is 6.54 Å². The molecule has 0 bridgehead atoms. The summed E-state index contributed by atoms with van der Waals surface area (Å²) >= 11 is 0. The van der Waals surface area contributed by atoms with E-state index < -0.39 is 0 Å². The smallest absolute Gasteiger partial charge is 0.249 e. The summed E-state index contributed by atoms with van der Waals surface area (Å²) < 4.78 is 5.41. The molecule has 0 aromatic heterocycles. The normalized spacial score (nSPS) is 27.2. The Morgan fingerprint density at radius 3 is 2.77 bits per heavy atom. The Morgan fingerprint density at radius 1 is 1.62 bits per heavy atom. The van der Waals surface area contributed by atoms with Crippen LogP contribution in [0.5, 0.6) is 0 Å². The topological polar surface area (TPSA) is 38.3 Å². The van der Waals surface area contributed by atoms with Crippen LogP contribution < -0.4 is 5.32 Å². The van der Waals surface area contributed by atoms with E-state index in [-0.39, 0.29) is 18.1 Å². The van der Waals surface area contributed by atoms with Crippen molar-refractivity contribution in [1.29, 1.82) is 0 Å². The van der Waals surface area contributed by atoms with Crippen molar-refractivity contribution >= 4 is 5.91 Å². The highest BCUT2D eigenvalue weighted by Gasteiger charge is 2.27. The van der Waals surface area contributed by atoms with Gasteiger partial charge in [0.1, 0.15) is 6.10 Å². The number of nitrogens with one attached hydrogen (secondary N) is 1. The maximum atomic E-state index is 11.4. The lowest BCUT2D eigenvalue weighted by molar-refractivity contribution is -0.131. The first kappa shape index (κ1) is 10.3. The first-order chi connectivity index (χ1) is 6.09. The van der Waals surface area contributed by atoms with E-state index in [1.165, 1.54) is 0 Å². The molecule has 1 aliphatic heterocycles. The minimum Gasteiger partial charge on any atom is -0.365 e. The summed E-state index contributed by atoms with van der Waals surface area (Å²) in [7, 11) is 0. The Balaban J connectivity index is 2.27. The third-order valence-corrected chi connectivity index (χ3v) is 2.09. The Hall–Kier alpha value is -0.830. The van der Waals surface area contributed by atoms with E-state index in [0.29, 0.717) is 6.54 Å². The van der Waals surface area contributed by atoms with Gasteiger partial charge < -0.3 is 10.1 Å². The van der Waals surface area contributed by atoms with E-state index >= 15 is 0 Å². The van der Waals surface area contributed by atoms with Gasteiger partial charge in [-0.15, -0.1) is 0 Å². The van der Waals surface area contributed by atoms with Crippen molar-refractivity contribution in [3.8, 4) is 0 Å². The number of carbonyl (C=O) groups is 1. The molecule has 3 nitrogen and oxygen atoms in total. The standard InChI is InChI=1S/C10H17NO2/c1-7(2)6-11-10(12)9-5-4-8(3)13-9/h8-9H,1,4-6H2,2-3H3,(H,11,12). The van der Waals surface area contributed by atoms with Crippen LogP contribution in [0.15, 0.2) is 12.2 Å². The maximum absolute atomic E-state index is 11.4. The molecule has 1 rings (SSSR count). The molecule has 0 aromatic rings. The highest BCUT2D eigenvalue weighted by molar-refractivity contribution is 5.81. The van der Waals surface area contributed by atoms with Gasteiger partial charge in [0.05, 0.1) is 6.10 Å². The van der Waals surface area contributed by atoms with Crippen LogP contribution in [0.2, 0.25) is 0 Å². The highest BCUT2D eigenvalue weighted by atomic mass is 16.5. The number of amides is 1. The van der Waals surface area contributed by atoms with Gasteiger partial charge in [0.15, 0.2) is 0 Å². The molecule has 2 atom stereocenters. The van der Waals surface area contributed by atoms with Gasteiger partial charge in [0.25, 0.3) is 0 Å². The van der Waals surface area contributed by atoms with Crippen LogP contribution in [0.4, 0.5) is 0 Å². The Labute approximate surface area is 79.2 Å². The second-order valence-electron chi connectivity index (χ2n) is 3.69. The van der Waals surface area contributed by atoms with Gasteiger partial charge in [-0.2, -0.15) is 0 Å². The van der Waals surface area contributed by atoms with Crippen molar-refractivity contribution in [1.82, 2.24) is 5.32 Å². The molecule has 1 heterocycles. The van der Waals surface area contributed by atoms with E-state index in [1.54, 1.807) is 0 Å². The first-order valence-corrected chi connectivity index (χ1v) is 4.67. The molecule has 13 heavy (non-hydrogen) atoms. The summed E-state index contributed by atoms with van der Waals surface area (Å²) in [6, 6.07) is 0. The van der Waals surface area contributed by atoms with Crippen LogP contribution in [0.25, 0.3) is 0 Å². The van der Waals surface area contributed by atoms with E-state index in [0.717, 1.165) is 18.4 Å². The minimum atomic E-state index is -0.241. The van der Waals surface area contributed by atoms with Crippen molar-refractivity contribution in [2.75, 3.05) is 6.54 Å². The van der Waals surface area contributed by atoms with E-state index in [1.807, 2.05) is 13.8 Å². The molecule has 74 valence electrons. The summed E-state index contributed by atoms with van der Waals surface area (Å²) in [4.78, 5) is 11.4. The molecule has 1 N–H and O–H groups in total. The SMILES string of the molecule is C=C(C)CNC(=O)C1CCC(C)O1. The van der Waals surface area contributed by atoms with Gasteiger partial charge in [-0.3, -0.25) is 4.79 Å². The van der Waals surface area contributed by atoms with Crippen LogP contribution in [0.1, 0.15) is 26.7 Å².